The van der Waals surface area contributed by atoms with Crippen LogP contribution in [-0.4, -0.2) is 96.5 Å². The van der Waals surface area contributed by atoms with Gasteiger partial charge in [-0.25, -0.2) is 4.99 Å². The number of amides is 1. The van der Waals surface area contributed by atoms with Gasteiger partial charge in [0.25, 0.3) is 5.91 Å². The maximum atomic E-state index is 13.5. The summed E-state index contributed by atoms with van der Waals surface area (Å²) < 4.78 is 5.61. The zero-order valence-electron chi connectivity index (χ0n) is 23.6. The van der Waals surface area contributed by atoms with Crippen LogP contribution in [0.25, 0.3) is 11.3 Å². The molecule has 0 spiro atoms. The van der Waals surface area contributed by atoms with Crippen molar-refractivity contribution in [3.63, 3.8) is 0 Å². The van der Waals surface area contributed by atoms with Crippen LogP contribution in [0.3, 0.4) is 0 Å². The number of hydrogen-bond acceptors (Lipinski definition) is 6. The van der Waals surface area contributed by atoms with Crippen LogP contribution in [0.1, 0.15) is 54.1 Å². The number of aliphatic imine (C=N–C) groups is 1. The van der Waals surface area contributed by atoms with Gasteiger partial charge >= 0.3 is 0 Å². The van der Waals surface area contributed by atoms with Crippen LogP contribution in [0.2, 0.25) is 0 Å². The van der Waals surface area contributed by atoms with Crippen molar-refractivity contribution in [2.24, 2.45) is 4.99 Å². The zero-order valence-corrected chi connectivity index (χ0v) is 23.6. The number of para-hydroxylation sites is 1. The monoisotopic (exact) mass is 528 g/mol. The number of benzene rings is 2. The van der Waals surface area contributed by atoms with E-state index in [2.05, 4.69) is 52.9 Å². The average Bonchev–Trinajstić information content (AvgIpc) is 3.43. The first kappa shape index (κ1) is 27.1. The first-order valence-electron chi connectivity index (χ1n) is 14.1. The van der Waals surface area contributed by atoms with Gasteiger partial charge < -0.3 is 14.5 Å². The summed E-state index contributed by atoms with van der Waals surface area (Å²) in [5.41, 5.74) is 4.81. The van der Waals surface area contributed by atoms with Gasteiger partial charge in [0.05, 0.1) is 12.8 Å². The minimum Gasteiger partial charge on any atom is -0.496 e. The number of fused-ring (bicyclic) bond motifs is 1. The normalized spacial score (nSPS) is 19.4. The average molecular weight is 529 g/mol. The van der Waals surface area contributed by atoms with Gasteiger partial charge in [-0.1, -0.05) is 45.0 Å². The molecule has 8 nitrogen and oxygen atoms in total. The first-order chi connectivity index (χ1) is 19.0. The van der Waals surface area contributed by atoms with Gasteiger partial charge in [-0.05, 0) is 48.8 Å². The Morgan fingerprint density at radius 3 is 2.59 bits per heavy atom. The highest BCUT2D eigenvalue weighted by atomic mass is 16.5. The Labute approximate surface area is 231 Å². The van der Waals surface area contributed by atoms with Crippen LogP contribution in [0.15, 0.2) is 53.5 Å². The van der Waals surface area contributed by atoms with Crippen molar-refractivity contribution in [2.75, 3.05) is 59.5 Å². The molecule has 2 aliphatic heterocycles. The van der Waals surface area contributed by atoms with Crippen LogP contribution < -0.4 is 4.74 Å². The summed E-state index contributed by atoms with van der Waals surface area (Å²) >= 11 is 0. The lowest BCUT2D eigenvalue weighted by Crippen LogP contribution is -2.50. The number of H-pyrrole nitrogens is 1. The molecule has 2 aromatic carbocycles. The summed E-state index contributed by atoms with van der Waals surface area (Å²) in [5.74, 6) is 1.78. The van der Waals surface area contributed by atoms with Crippen molar-refractivity contribution < 1.29 is 9.53 Å². The molecule has 2 atom stereocenters. The van der Waals surface area contributed by atoms with Gasteiger partial charge in [0, 0.05) is 68.1 Å². The molecule has 8 heteroatoms. The van der Waals surface area contributed by atoms with E-state index in [-0.39, 0.29) is 17.7 Å². The molecule has 3 aromatic rings. The lowest BCUT2D eigenvalue weighted by atomic mass is 9.80. The van der Waals surface area contributed by atoms with Crippen molar-refractivity contribution in [3.05, 3.63) is 65.2 Å². The largest absolute Gasteiger partial charge is 0.496 e. The van der Waals surface area contributed by atoms with Gasteiger partial charge in [-0.3, -0.25) is 14.8 Å². The smallest absolute Gasteiger partial charge is 0.253 e. The summed E-state index contributed by atoms with van der Waals surface area (Å²) in [6.07, 6.45) is 1.97. The molecule has 1 saturated heterocycles. The first-order valence-corrected chi connectivity index (χ1v) is 14.1. The van der Waals surface area contributed by atoms with E-state index >= 15 is 0 Å². The van der Waals surface area contributed by atoms with Crippen LogP contribution in [0, 0.1) is 0 Å². The highest BCUT2D eigenvalue weighted by Gasteiger charge is 2.32. The number of aromatic amines is 1. The van der Waals surface area contributed by atoms with Crippen molar-refractivity contribution in [1.82, 2.24) is 24.9 Å². The molecule has 1 N–H and O–H groups in total. The van der Waals surface area contributed by atoms with E-state index in [0.29, 0.717) is 5.82 Å². The number of carbonyl (C=O) groups is 1. The van der Waals surface area contributed by atoms with E-state index in [4.69, 9.17) is 9.73 Å². The topological polar surface area (TPSA) is 77.1 Å². The Hall–Kier alpha value is -3.49. The third-order valence-corrected chi connectivity index (χ3v) is 8.32. The van der Waals surface area contributed by atoms with Gasteiger partial charge in [0.1, 0.15) is 5.75 Å². The van der Waals surface area contributed by atoms with Crippen molar-refractivity contribution >= 4 is 17.9 Å². The van der Waals surface area contributed by atoms with Crippen molar-refractivity contribution in [3.8, 4) is 17.0 Å². The maximum absolute atomic E-state index is 13.5. The van der Waals surface area contributed by atoms with E-state index < -0.39 is 0 Å². The third-order valence-electron chi connectivity index (χ3n) is 8.32. The van der Waals surface area contributed by atoms with E-state index in [0.717, 1.165) is 86.1 Å². The summed E-state index contributed by atoms with van der Waals surface area (Å²) in [5, 5.41) is 7.68. The number of nitrogens with zero attached hydrogens (tertiary/aromatic N) is 5. The quantitative estimate of drug-likeness (QED) is 0.432. The SMILES string of the molecule is CCN(CC)CCN1CCN(C(=O)c2cccc(C3C=Nc4n[nH]c(-c5ccccc5OC)c4C3C)c2)CC1. The third kappa shape index (κ3) is 5.63. The summed E-state index contributed by atoms with van der Waals surface area (Å²) in [7, 11) is 1.68. The molecule has 0 aliphatic carbocycles. The predicted octanol–water partition coefficient (Wildman–Crippen LogP) is 4.79. The fraction of sp³-hybridized carbons (Fsp3) is 0.452. The predicted molar refractivity (Wildman–Crippen MR) is 156 cm³/mol. The molecule has 1 fully saturated rings. The van der Waals surface area contributed by atoms with Gasteiger partial charge in [0.2, 0.25) is 0 Å². The number of ether oxygens (including phenoxy) is 1. The van der Waals surface area contributed by atoms with Gasteiger partial charge in [-0.2, -0.15) is 5.10 Å². The second-order valence-corrected chi connectivity index (χ2v) is 10.4. The van der Waals surface area contributed by atoms with E-state index in [1.165, 1.54) is 0 Å². The molecule has 0 bridgehead atoms. The fourth-order valence-electron chi connectivity index (χ4n) is 5.82. The maximum Gasteiger partial charge on any atom is 0.253 e. The zero-order chi connectivity index (χ0) is 27.4. The lowest BCUT2D eigenvalue weighted by Gasteiger charge is -2.35. The Bertz CT molecular complexity index is 1310. The molecular formula is C31H40N6O2. The van der Waals surface area contributed by atoms with E-state index in [1.807, 2.05) is 47.5 Å². The number of methoxy groups -OCH3 is 1. The molecule has 206 valence electrons. The van der Waals surface area contributed by atoms with Crippen molar-refractivity contribution in [2.45, 2.75) is 32.6 Å². The summed E-state index contributed by atoms with van der Waals surface area (Å²) in [6.45, 7) is 14.3. The molecular weight excluding hydrogens is 488 g/mol. The minimum absolute atomic E-state index is 0.0354. The van der Waals surface area contributed by atoms with Crippen LogP contribution in [0.4, 0.5) is 5.82 Å². The van der Waals surface area contributed by atoms with Gasteiger partial charge in [-0.15, -0.1) is 0 Å². The van der Waals surface area contributed by atoms with Crippen LogP contribution in [0.5, 0.6) is 5.75 Å². The lowest BCUT2D eigenvalue weighted by molar-refractivity contribution is 0.0624. The number of rotatable bonds is 9. The molecule has 2 aliphatic rings. The van der Waals surface area contributed by atoms with Crippen molar-refractivity contribution in [1.29, 1.82) is 0 Å². The molecule has 39 heavy (non-hydrogen) atoms. The highest BCUT2D eigenvalue weighted by molar-refractivity contribution is 5.95. The van der Waals surface area contributed by atoms with E-state index in [9.17, 15) is 4.79 Å². The summed E-state index contributed by atoms with van der Waals surface area (Å²) in [4.78, 5) is 25.1. The number of nitrogens with one attached hydrogen (secondary N) is 1. The highest BCUT2D eigenvalue weighted by Crippen LogP contribution is 2.45. The Balaban J connectivity index is 1.29. The van der Waals surface area contributed by atoms with E-state index in [1.54, 1.807) is 7.11 Å². The number of piperazine rings is 1. The molecule has 0 radical (unpaired) electrons. The van der Waals surface area contributed by atoms with Crippen LogP contribution >= 0.6 is 0 Å². The molecule has 1 aromatic heterocycles. The standard InChI is InChI=1S/C31H40N6O2/c1-5-35(6-2)14-15-36-16-18-37(19-17-36)31(38)24-11-9-10-23(20-24)26-21-32-30-28(22(26)3)29(33-34-30)25-12-7-8-13-27(25)39-4/h7-13,20-22,26H,5-6,14-19H2,1-4H3,(H,33,34). The second kappa shape index (κ2) is 12.1. The number of aromatic nitrogens is 2. The van der Waals surface area contributed by atoms with Gasteiger partial charge in [0.15, 0.2) is 5.82 Å². The Kier molecular flexibility index (Phi) is 8.43. The minimum atomic E-state index is 0.0354. The Morgan fingerprint density at radius 1 is 1.08 bits per heavy atom. The summed E-state index contributed by atoms with van der Waals surface area (Å²) in [6, 6.07) is 16.0. The Morgan fingerprint density at radius 2 is 1.85 bits per heavy atom. The second-order valence-electron chi connectivity index (χ2n) is 10.4. The number of hydrogen-bond donors (Lipinski definition) is 1. The molecule has 2 unspecified atom stereocenters. The molecule has 3 heterocycles. The molecule has 1 amide bonds. The fourth-order valence-corrected chi connectivity index (χ4v) is 5.82. The number of carbonyl (C=O) groups excluding carboxylic acids is 1. The van der Waals surface area contributed by atoms with Crippen LogP contribution in [-0.2, 0) is 0 Å². The number of likely N-dealkylation sites (N-methyl/N-ethyl adjacent to an activating group) is 1. The molecule has 5 rings (SSSR count). The molecule has 0 saturated carbocycles.